The number of nitrogens with one attached hydrogen (secondary N) is 1. The Labute approximate surface area is 108 Å². The van der Waals surface area contributed by atoms with Crippen LogP contribution in [0.2, 0.25) is 0 Å². The van der Waals surface area contributed by atoms with Gasteiger partial charge in [0.25, 0.3) is 0 Å². The molecular formula is C14H10FNOS. The van der Waals surface area contributed by atoms with Crippen LogP contribution in [0.5, 0.6) is 0 Å². The maximum atomic E-state index is 12.8. The van der Waals surface area contributed by atoms with E-state index in [-0.39, 0.29) is 17.0 Å². The number of para-hydroxylation sites is 1. The average Bonchev–Trinajstić information content (AvgIpc) is 2.69. The summed E-state index contributed by atoms with van der Waals surface area (Å²) >= 11 is 1.43. The second kappa shape index (κ2) is 4.46. The van der Waals surface area contributed by atoms with Gasteiger partial charge in [0, 0.05) is 10.6 Å². The summed E-state index contributed by atoms with van der Waals surface area (Å²) in [7, 11) is 0. The summed E-state index contributed by atoms with van der Waals surface area (Å²) in [6, 6.07) is 13.8. The number of rotatable bonds is 2. The van der Waals surface area contributed by atoms with Gasteiger partial charge in [0.2, 0.25) is 5.91 Å². The number of hydrogen-bond donors (Lipinski definition) is 1. The van der Waals surface area contributed by atoms with Crippen LogP contribution in [0.3, 0.4) is 0 Å². The van der Waals surface area contributed by atoms with Crippen molar-refractivity contribution >= 4 is 23.4 Å². The standard InChI is InChI=1S/C14H10FNOS/c15-9-5-7-10(8-6-9)18-13-11-3-1-2-4-12(11)16-14(13)17/h1-8,13H,(H,16,17). The quantitative estimate of drug-likeness (QED) is 0.892. The van der Waals surface area contributed by atoms with Gasteiger partial charge in [-0.15, -0.1) is 11.8 Å². The fourth-order valence-electron chi connectivity index (χ4n) is 1.95. The van der Waals surface area contributed by atoms with Crippen molar-refractivity contribution < 1.29 is 9.18 Å². The van der Waals surface area contributed by atoms with Crippen LogP contribution in [0.15, 0.2) is 53.4 Å². The molecule has 18 heavy (non-hydrogen) atoms. The molecule has 0 bridgehead atoms. The second-order valence-corrected chi connectivity index (χ2v) is 5.21. The predicted molar refractivity (Wildman–Crippen MR) is 70.1 cm³/mol. The number of carbonyl (C=O) groups is 1. The Hall–Kier alpha value is -1.81. The van der Waals surface area contributed by atoms with Gasteiger partial charge < -0.3 is 5.32 Å². The first-order valence-electron chi connectivity index (χ1n) is 5.56. The minimum absolute atomic E-state index is 0.0227. The van der Waals surface area contributed by atoms with Crippen LogP contribution in [0.4, 0.5) is 10.1 Å². The molecule has 2 aromatic rings. The molecule has 4 heteroatoms. The van der Waals surface area contributed by atoms with E-state index in [0.29, 0.717) is 0 Å². The Morgan fingerprint density at radius 2 is 1.78 bits per heavy atom. The van der Waals surface area contributed by atoms with Gasteiger partial charge in [0.1, 0.15) is 11.1 Å². The summed E-state index contributed by atoms with van der Waals surface area (Å²) in [5.74, 6) is -0.291. The lowest BCUT2D eigenvalue weighted by atomic mass is 10.2. The van der Waals surface area contributed by atoms with E-state index >= 15 is 0 Å². The maximum absolute atomic E-state index is 12.8. The van der Waals surface area contributed by atoms with Gasteiger partial charge in [-0.25, -0.2) is 4.39 Å². The molecule has 90 valence electrons. The normalized spacial score (nSPS) is 17.4. The Morgan fingerprint density at radius 3 is 2.56 bits per heavy atom. The molecule has 0 spiro atoms. The van der Waals surface area contributed by atoms with Crippen molar-refractivity contribution in [3.8, 4) is 0 Å². The largest absolute Gasteiger partial charge is 0.325 e. The predicted octanol–water partition coefficient (Wildman–Crippen LogP) is 3.61. The van der Waals surface area contributed by atoms with Gasteiger partial charge in [0.05, 0.1) is 0 Å². The van der Waals surface area contributed by atoms with Crippen LogP contribution in [-0.2, 0) is 4.79 Å². The summed E-state index contributed by atoms with van der Waals surface area (Å²) in [5.41, 5.74) is 1.85. The Kier molecular flexibility index (Phi) is 2.80. The molecule has 0 aliphatic carbocycles. The Bertz CT molecular complexity index is 597. The molecule has 0 saturated carbocycles. The summed E-state index contributed by atoms with van der Waals surface area (Å²) < 4.78 is 12.8. The van der Waals surface area contributed by atoms with Crippen molar-refractivity contribution in [3.05, 3.63) is 59.9 Å². The number of carbonyl (C=O) groups excluding carboxylic acids is 1. The number of hydrogen-bond acceptors (Lipinski definition) is 2. The molecule has 1 atom stereocenters. The third kappa shape index (κ3) is 1.99. The summed E-state index contributed by atoms with van der Waals surface area (Å²) in [5, 5.41) is 2.59. The van der Waals surface area contributed by atoms with Crippen LogP contribution in [-0.4, -0.2) is 5.91 Å². The van der Waals surface area contributed by atoms with Crippen molar-refractivity contribution in [3.63, 3.8) is 0 Å². The minimum atomic E-state index is -0.268. The van der Waals surface area contributed by atoms with Gasteiger partial charge in [-0.1, -0.05) is 18.2 Å². The van der Waals surface area contributed by atoms with Crippen LogP contribution >= 0.6 is 11.8 Å². The molecule has 2 nitrogen and oxygen atoms in total. The molecule has 1 aliphatic heterocycles. The number of amides is 1. The molecular weight excluding hydrogens is 249 g/mol. The van der Waals surface area contributed by atoms with Crippen molar-refractivity contribution in [2.45, 2.75) is 10.1 Å². The first-order valence-corrected chi connectivity index (χ1v) is 6.44. The van der Waals surface area contributed by atoms with E-state index in [2.05, 4.69) is 5.32 Å². The fourth-order valence-corrected chi connectivity index (χ4v) is 3.01. The highest BCUT2D eigenvalue weighted by Crippen LogP contribution is 2.43. The zero-order chi connectivity index (χ0) is 12.5. The molecule has 0 fully saturated rings. The number of fused-ring (bicyclic) bond motifs is 1. The number of benzene rings is 2. The van der Waals surface area contributed by atoms with Gasteiger partial charge in [-0.05, 0) is 35.9 Å². The van der Waals surface area contributed by atoms with Crippen LogP contribution in [0.25, 0.3) is 0 Å². The van der Waals surface area contributed by atoms with Crippen molar-refractivity contribution in [2.75, 3.05) is 5.32 Å². The molecule has 0 radical (unpaired) electrons. The van der Waals surface area contributed by atoms with Gasteiger partial charge in [-0.2, -0.15) is 0 Å². The van der Waals surface area contributed by atoms with E-state index < -0.39 is 0 Å². The van der Waals surface area contributed by atoms with Gasteiger partial charge in [0.15, 0.2) is 0 Å². The van der Waals surface area contributed by atoms with E-state index in [1.807, 2.05) is 24.3 Å². The van der Waals surface area contributed by atoms with Crippen LogP contribution < -0.4 is 5.32 Å². The molecule has 1 amide bonds. The zero-order valence-corrected chi connectivity index (χ0v) is 10.2. The highest BCUT2D eigenvalue weighted by atomic mass is 32.2. The molecule has 1 N–H and O–H groups in total. The van der Waals surface area contributed by atoms with E-state index in [9.17, 15) is 9.18 Å². The molecule has 1 aliphatic rings. The zero-order valence-electron chi connectivity index (χ0n) is 9.39. The number of halogens is 1. The van der Waals surface area contributed by atoms with Crippen molar-refractivity contribution in [1.29, 1.82) is 0 Å². The molecule has 0 aromatic heterocycles. The van der Waals surface area contributed by atoms with Crippen LogP contribution in [0.1, 0.15) is 10.8 Å². The average molecular weight is 259 g/mol. The lowest BCUT2D eigenvalue weighted by Gasteiger charge is -2.08. The third-order valence-electron chi connectivity index (χ3n) is 2.81. The lowest BCUT2D eigenvalue weighted by Crippen LogP contribution is -2.08. The topological polar surface area (TPSA) is 29.1 Å². The van der Waals surface area contributed by atoms with E-state index in [1.165, 1.54) is 23.9 Å². The summed E-state index contributed by atoms with van der Waals surface area (Å²) in [4.78, 5) is 12.8. The molecule has 3 rings (SSSR count). The minimum Gasteiger partial charge on any atom is -0.325 e. The number of thioether (sulfide) groups is 1. The Balaban J connectivity index is 1.89. The first-order chi connectivity index (χ1) is 8.74. The fraction of sp³-hybridized carbons (Fsp3) is 0.0714. The van der Waals surface area contributed by atoms with Gasteiger partial charge in [-0.3, -0.25) is 4.79 Å². The summed E-state index contributed by atoms with van der Waals surface area (Å²) in [6.45, 7) is 0. The van der Waals surface area contributed by atoms with Crippen molar-refractivity contribution in [2.24, 2.45) is 0 Å². The van der Waals surface area contributed by atoms with E-state index in [1.54, 1.807) is 12.1 Å². The maximum Gasteiger partial charge on any atom is 0.242 e. The highest BCUT2D eigenvalue weighted by Gasteiger charge is 2.30. The lowest BCUT2D eigenvalue weighted by molar-refractivity contribution is -0.115. The monoisotopic (exact) mass is 259 g/mol. The van der Waals surface area contributed by atoms with E-state index in [4.69, 9.17) is 0 Å². The Morgan fingerprint density at radius 1 is 1.06 bits per heavy atom. The summed E-state index contributed by atoms with van der Waals surface area (Å²) in [6.07, 6.45) is 0. The molecule has 0 saturated heterocycles. The first kappa shape index (κ1) is 11.3. The smallest absolute Gasteiger partial charge is 0.242 e. The highest BCUT2D eigenvalue weighted by molar-refractivity contribution is 8.00. The van der Waals surface area contributed by atoms with Gasteiger partial charge >= 0.3 is 0 Å². The molecule has 2 aromatic carbocycles. The second-order valence-electron chi connectivity index (χ2n) is 4.03. The molecule has 1 heterocycles. The molecule has 1 unspecified atom stereocenters. The number of anilines is 1. The van der Waals surface area contributed by atoms with E-state index in [0.717, 1.165) is 16.1 Å². The third-order valence-corrected chi connectivity index (χ3v) is 4.05. The van der Waals surface area contributed by atoms with Crippen molar-refractivity contribution in [1.82, 2.24) is 0 Å². The van der Waals surface area contributed by atoms with Crippen LogP contribution in [0, 0.1) is 5.82 Å². The SMILES string of the molecule is O=C1Nc2ccccc2C1Sc1ccc(F)cc1.